The zero-order valence-electron chi connectivity index (χ0n) is 11.5. The van der Waals surface area contributed by atoms with Crippen molar-refractivity contribution in [1.82, 2.24) is 5.32 Å². The minimum Gasteiger partial charge on any atom is -0.486 e. The SMILES string of the molecule is CNCc1ccc(OCc2ccc(F)c(C#N)c2)c(F)c1. The highest BCUT2D eigenvalue weighted by Crippen LogP contribution is 2.20. The van der Waals surface area contributed by atoms with Gasteiger partial charge in [0.1, 0.15) is 18.5 Å². The number of halogens is 2. The van der Waals surface area contributed by atoms with Gasteiger partial charge in [-0.25, -0.2) is 8.78 Å². The number of nitrogens with one attached hydrogen (secondary N) is 1. The third kappa shape index (κ3) is 3.77. The first-order valence-corrected chi connectivity index (χ1v) is 6.38. The van der Waals surface area contributed by atoms with E-state index in [4.69, 9.17) is 10.00 Å². The van der Waals surface area contributed by atoms with Gasteiger partial charge in [-0.1, -0.05) is 12.1 Å². The number of nitriles is 1. The molecule has 3 nitrogen and oxygen atoms in total. The van der Waals surface area contributed by atoms with Gasteiger partial charge in [0, 0.05) is 6.54 Å². The number of benzene rings is 2. The molecule has 2 rings (SSSR count). The third-order valence-corrected chi connectivity index (χ3v) is 2.92. The second-order valence-electron chi connectivity index (χ2n) is 4.51. The van der Waals surface area contributed by atoms with Crippen molar-refractivity contribution in [1.29, 1.82) is 5.26 Å². The van der Waals surface area contributed by atoms with Crippen LogP contribution in [0.2, 0.25) is 0 Å². The average molecular weight is 288 g/mol. The van der Waals surface area contributed by atoms with Gasteiger partial charge in [0.25, 0.3) is 0 Å². The third-order valence-electron chi connectivity index (χ3n) is 2.92. The van der Waals surface area contributed by atoms with Crippen molar-refractivity contribution in [2.24, 2.45) is 0 Å². The topological polar surface area (TPSA) is 45.0 Å². The van der Waals surface area contributed by atoms with Crippen LogP contribution in [0.1, 0.15) is 16.7 Å². The summed E-state index contributed by atoms with van der Waals surface area (Å²) in [6.07, 6.45) is 0. The van der Waals surface area contributed by atoms with E-state index in [1.54, 1.807) is 25.2 Å². The Bertz CT molecular complexity index is 680. The molecule has 0 saturated carbocycles. The van der Waals surface area contributed by atoms with Crippen molar-refractivity contribution >= 4 is 0 Å². The summed E-state index contributed by atoms with van der Waals surface area (Å²) in [4.78, 5) is 0. The van der Waals surface area contributed by atoms with Crippen molar-refractivity contribution in [3.05, 3.63) is 64.7 Å². The van der Waals surface area contributed by atoms with E-state index in [0.29, 0.717) is 12.1 Å². The second-order valence-corrected chi connectivity index (χ2v) is 4.51. The predicted molar refractivity (Wildman–Crippen MR) is 74.6 cm³/mol. The minimum absolute atomic E-state index is 0.0547. The van der Waals surface area contributed by atoms with Crippen molar-refractivity contribution in [2.75, 3.05) is 7.05 Å². The normalized spacial score (nSPS) is 10.2. The molecule has 2 aromatic rings. The van der Waals surface area contributed by atoms with Crippen molar-refractivity contribution in [3.63, 3.8) is 0 Å². The van der Waals surface area contributed by atoms with Crippen LogP contribution in [-0.2, 0) is 13.2 Å². The molecule has 0 aliphatic heterocycles. The van der Waals surface area contributed by atoms with Gasteiger partial charge in [0.15, 0.2) is 11.6 Å². The number of ether oxygens (including phenoxy) is 1. The lowest BCUT2D eigenvalue weighted by Gasteiger charge is -2.09. The molecule has 21 heavy (non-hydrogen) atoms. The smallest absolute Gasteiger partial charge is 0.165 e. The van der Waals surface area contributed by atoms with Gasteiger partial charge < -0.3 is 10.1 Å². The molecule has 0 fully saturated rings. The molecule has 0 unspecified atom stereocenters. The molecule has 0 spiro atoms. The molecule has 0 saturated heterocycles. The Kier molecular flexibility index (Phi) is 4.85. The molecule has 0 radical (unpaired) electrons. The summed E-state index contributed by atoms with van der Waals surface area (Å²) >= 11 is 0. The molecule has 1 N–H and O–H groups in total. The van der Waals surface area contributed by atoms with Crippen LogP contribution in [0.3, 0.4) is 0 Å². The molecule has 0 heterocycles. The van der Waals surface area contributed by atoms with Crippen LogP contribution in [0, 0.1) is 23.0 Å². The molecule has 0 amide bonds. The summed E-state index contributed by atoms with van der Waals surface area (Å²) < 4.78 is 32.4. The van der Waals surface area contributed by atoms with Gasteiger partial charge in [-0.15, -0.1) is 0 Å². The van der Waals surface area contributed by atoms with Crippen molar-refractivity contribution in [2.45, 2.75) is 13.2 Å². The zero-order valence-corrected chi connectivity index (χ0v) is 11.5. The standard InChI is InChI=1S/C16H14F2N2O/c1-20-9-11-3-5-16(15(18)7-11)21-10-12-2-4-14(17)13(6-12)8-19/h2-7,20H,9-10H2,1H3. The van der Waals surface area contributed by atoms with Crippen LogP contribution in [0.25, 0.3) is 0 Å². The Balaban J connectivity index is 2.08. The molecule has 108 valence electrons. The molecule has 0 atom stereocenters. The van der Waals surface area contributed by atoms with Crippen LogP contribution < -0.4 is 10.1 Å². The molecule has 0 bridgehead atoms. The van der Waals surface area contributed by atoms with E-state index in [1.807, 2.05) is 0 Å². The monoisotopic (exact) mass is 288 g/mol. The van der Waals surface area contributed by atoms with Gasteiger partial charge in [0.05, 0.1) is 5.56 Å². The molecular weight excluding hydrogens is 274 g/mol. The highest BCUT2D eigenvalue weighted by molar-refractivity contribution is 5.35. The van der Waals surface area contributed by atoms with Crippen LogP contribution in [0.4, 0.5) is 8.78 Å². The largest absolute Gasteiger partial charge is 0.486 e. The first-order valence-electron chi connectivity index (χ1n) is 6.38. The zero-order chi connectivity index (χ0) is 15.2. The number of rotatable bonds is 5. The van der Waals surface area contributed by atoms with E-state index in [-0.39, 0.29) is 17.9 Å². The van der Waals surface area contributed by atoms with E-state index >= 15 is 0 Å². The average Bonchev–Trinajstić information content (AvgIpc) is 2.48. The second kappa shape index (κ2) is 6.82. The Morgan fingerprint density at radius 2 is 1.86 bits per heavy atom. The van der Waals surface area contributed by atoms with Gasteiger partial charge >= 0.3 is 0 Å². The highest BCUT2D eigenvalue weighted by atomic mass is 19.1. The number of hydrogen-bond acceptors (Lipinski definition) is 3. The van der Waals surface area contributed by atoms with Crippen LogP contribution >= 0.6 is 0 Å². The van der Waals surface area contributed by atoms with Crippen LogP contribution in [0.15, 0.2) is 36.4 Å². The van der Waals surface area contributed by atoms with E-state index in [1.165, 1.54) is 24.3 Å². The van der Waals surface area contributed by atoms with Gasteiger partial charge in [-0.05, 0) is 42.4 Å². The van der Waals surface area contributed by atoms with Crippen LogP contribution in [-0.4, -0.2) is 7.05 Å². The van der Waals surface area contributed by atoms with Crippen molar-refractivity contribution < 1.29 is 13.5 Å². The highest BCUT2D eigenvalue weighted by Gasteiger charge is 2.07. The van der Waals surface area contributed by atoms with E-state index in [2.05, 4.69) is 5.32 Å². The van der Waals surface area contributed by atoms with Gasteiger partial charge in [-0.2, -0.15) is 5.26 Å². The van der Waals surface area contributed by atoms with Gasteiger partial charge in [0.2, 0.25) is 0 Å². The maximum atomic E-state index is 13.8. The summed E-state index contributed by atoms with van der Waals surface area (Å²) in [5, 5.41) is 11.7. The number of nitrogens with zero attached hydrogens (tertiary/aromatic N) is 1. The molecule has 5 heteroatoms. The number of hydrogen-bond donors (Lipinski definition) is 1. The predicted octanol–water partition coefficient (Wildman–Crippen LogP) is 3.13. The minimum atomic E-state index is -0.580. The Hall–Kier alpha value is -2.45. The molecule has 0 aliphatic rings. The van der Waals surface area contributed by atoms with E-state index in [9.17, 15) is 8.78 Å². The lowest BCUT2D eigenvalue weighted by molar-refractivity contribution is 0.290. The first kappa shape index (κ1) is 14.9. The molecule has 2 aromatic carbocycles. The van der Waals surface area contributed by atoms with E-state index < -0.39 is 11.6 Å². The summed E-state index contributed by atoms with van der Waals surface area (Å²) in [5.41, 5.74) is 1.36. The fourth-order valence-corrected chi connectivity index (χ4v) is 1.88. The molecule has 0 aromatic heterocycles. The van der Waals surface area contributed by atoms with Crippen LogP contribution in [0.5, 0.6) is 5.75 Å². The lowest BCUT2D eigenvalue weighted by Crippen LogP contribution is -2.05. The summed E-state index contributed by atoms with van der Waals surface area (Å²) in [6.45, 7) is 0.637. The maximum Gasteiger partial charge on any atom is 0.165 e. The summed E-state index contributed by atoms with van der Waals surface area (Å²) in [7, 11) is 1.78. The Morgan fingerprint density at radius 1 is 1.10 bits per heavy atom. The first-order chi connectivity index (χ1) is 10.1. The maximum absolute atomic E-state index is 13.8. The van der Waals surface area contributed by atoms with Crippen molar-refractivity contribution in [3.8, 4) is 11.8 Å². The molecule has 0 aliphatic carbocycles. The lowest BCUT2D eigenvalue weighted by atomic mass is 10.1. The fraction of sp³-hybridized carbons (Fsp3) is 0.188. The van der Waals surface area contributed by atoms with E-state index in [0.717, 1.165) is 5.56 Å². The Labute approximate surface area is 121 Å². The fourth-order valence-electron chi connectivity index (χ4n) is 1.88. The van der Waals surface area contributed by atoms with Gasteiger partial charge in [-0.3, -0.25) is 0 Å². The summed E-state index contributed by atoms with van der Waals surface area (Å²) in [6, 6.07) is 10.6. The Morgan fingerprint density at radius 3 is 2.52 bits per heavy atom. The quantitative estimate of drug-likeness (QED) is 0.919. The molecular formula is C16H14F2N2O. The summed E-state index contributed by atoms with van der Waals surface area (Å²) in [5.74, 6) is -0.910.